The van der Waals surface area contributed by atoms with E-state index < -0.39 is 0 Å². The molecule has 2 amide bonds. The van der Waals surface area contributed by atoms with Crippen LogP contribution in [0.5, 0.6) is 11.5 Å². The van der Waals surface area contributed by atoms with Crippen LogP contribution in [0, 0.1) is 10.7 Å². The number of hydrogen-bond acceptors (Lipinski definition) is 6. The Kier molecular flexibility index (Phi) is 7.57. The maximum absolute atomic E-state index is 12.7. The van der Waals surface area contributed by atoms with Crippen molar-refractivity contribution in [1.82, 2.24) is 4.90 Å². The normalized spacial score (nSPS) is 12.5. The molecule has 156 valence electrons. The molecule has 0 heterocycles. The van der Waals surface area contributed by atoms with Gasteiger partial charge in [0.05, 0.1) is 7.11 Å². The Balaban J connectivity index is 1.49. The Bertz CT molecular complexity index is 923. The number of methoxy groups -OCH3 is 1. The van der Waals surface area contributed by atoms with Crippen molar-refractivity contribution in [3.63, 3.8) is 0 Å². The Morgan fingerprint density at radius 1 is 1.17 bits per heavy atom. The molecule has 0 atom stereocenters. The van der Waals surface area contributed by atoms with E-state index >= 15 is 0 Å². The lowest BCUT2D eigenvalue weighted by Crippen LogP contribution is -2.38. The zero-order valence-electron chi connectivity index (χ0n) is 16.7. The van der Waals surface area contributed by atoms with E-state index in [4.69, 9.17) is 14.7 Å². The first-order valence-electron chi connectivity index (χ1n) is 9.62. The monoisotopic (exact) mass is 425 g/mol. The number of hydrogen-bond donors (Lipinski definition) is 1. The first-order chi connectivity index (χ1) is 14.6. The Morgan fingerprint density at radius 3 is 2.50 bits per heavy atom. The highest BCUT2D eigenvalue weighted by molar-refractivity contribution is 8.03. The molecule has 0 radical (unpaired) electrons. The van der Waals surface area contributed by atoms with Gasteiger partial charge in [-0.1, -0.05) is 12.1 Å². The third-order valence-electron chi connectivity index (χ3n) is 4.61. The van der Waals surface area contributed by atoms with E-state index in [1.807, 2.05) is 17.5 Å². The van der Waals surface area contributed by atoms with Crippen LogP contribution in [0.15, 0.2) is 53.4 Å². The predicted octanol–water partition coefficient (Wildman–Crippen LogP) is 3.67. The molecule has 7 nitrogen and oxygen atoms in total. The van der Waals surface area contributed by atoms with Gasteiger partial charge in [0.25, 0.3) is 5.91 Å². The summed E-state index contributed by atoms with van der Waals surface area (Å²) in [5, 5.41) is 13.5. The van der Waals surface area contributed by atoms with Gasteiger partial charge in [0.1, 0.15) is 5.40 Å². The van der Waals surface area contributed by atoms with Crippen LogP contribution in [0.1, 0.15) is 19.3 Å². The van der Waals surface area contributed by atoms with Gasteiger partial charge in [-0.25, -0.2) is 0 Å². The predicted molar refractivity (Wildman–Crippen MR) is 114 cm³/mol. The van der Waals surface area contributed by atoms with Crippen LogP contribution in [0.4, 0.5) is 5.69 Å². The summed E-state index contributed by atoms with van der Waals surface area (Å²) in [6, 6.07) is 14.4. The number of thioether (sulfide) groups is 1. The molecule has 3 rings (SSSR count). The largest absolute Gasteiger partial charge is 0.493 e. The second-order valence-corrected chi connectivity index (χ2v) is 7.63. The number of nitrogens with one attached hydrogen (secondary N) is 1. The van der Waals surface area contributed by atoms with Crippen molar-refractivity contribution >= 4 is 29.3 Å². The summed E-state index contributed by atoms with van der Waals surface area (Å²) in [6.07, 6.45) is 2.09. The van der Waals surface area contributed by atoms with Gasteiger partial charge in [0, 0.05) is 29.6 Å². The van der Waals surface area contributed by atoms with E-state index in [0.29, 0.717) is 23.7 Å². The van der Waals surface area contributed by atoms with Gasteiger partial charge in [0.2, 0.25) is 5.91 Å². The standard InChI is InChI=1S/C22H23N3O4S/c1-28-19-4-2-3-5-20(19)29-14-22(27)25(17-8-9-17)13-12-21(26)24-16-6-10-18(11-7-16)30-15-23/h2-7,10-11,17H,8-9,12-14H2,1H3,(H,24,26). The zero-order valence-corrected chi connectivity index (χ0v) is 17.5. The molecule has 0 spiro atoms. The van der Waals surface area contributed by atoms with Gasteiger partial charge in [-0.2, -0.15) is 5.26 Å². The Labute approximate surface area is 180 Å². The van der Waals surface area contributed by atoms with Gasteiger partial charge in [-0.3, -0.25) is 9.59 Å². The van der Waals surface area contributed by atoms with E-state index in [2.05, 4.69) is 5.32 Å². The van der Waals surface area contributed by atoms with Gasteiger partial charge in [-0.15, -0.1) is 0 Å². The SMILES string of the molecule is COc1ccccc1OCC(=O)N(CCC(=O)Nc1ccc(SC#N)cc1)C1CC1. The Hall–Kier alpha value is -3.18. The maximum atomic E-state index is 12.7. The van der Waals surface area contributed by atoms with Crippen LogP contribution in [0.2, 0.25) is 0 Å². The third kappa shape index (κ3) is 6.16. The highest BCUT2D eigenvalue weighted by Crippen LogP contribution is 2.29. The van der Waals surface area contributed by atoms with Gasteiger partial charge in [-0.05, 0) is 61.0 Å². The summed E-state index contributed by atoms with van der Waals surface area (Å²) in [6.45, 7) is 0.240. The van der Waals surface area contributed by atoms with E-state index in [1.165, 1.54) is 0 Å². The summed E-state index contributed by atoms with van der Waals surface area (Å²) < 4.78 is 10.9. The average Bonchev–Trinajstić information content (AvgIpc) is 3.59. The molecule has 8 heteroatoms. The topological polar surface area (TPSA) is 91.7 Å². The molecule has 2 aromatic carbocycles. The lowest BCUT2D eigenvalue weighted by molar-refractivity contribution is -0.134. The number of rotatable bonds is 10. The number of anilines is 1. The van der Waals surface area contributed by atoms with Crippen molar-refractivity contribution in [2.45, 2.75) is 30.2 Å². The minimum atomic E-state index is -0.167. The van der Waals surface area contributed by atoms with Crippen LogP contribution >= 0.6 is 11.8 Å². The van der Waals surface area contributed by atoms with E-state index in [1.54, 1.807) is 48.4 Å². The number of para-hydroxylation sites is 2. The number of ether oxygens (including phenoxy) is 2. The molecule has 1 aliphatic rings. The fourth-order valence-corrected chi connectivity index (χ4v) is 3.34. The van der Waals surface area contributed by atoms with Crippen molar-refractivity contribution in [2.24, 2.45) is 0 Å². The van der Waals surface area contributed by atoms with Crippen molar-refractivity contribution in [1.29, 1.82) is 5.26 Å². The van der Waals surface area contributed by atoms with Crippen molar-refractivity contribution < 1.29 is 19.1 Å². The molecule has 0 saturated heterocycles. The minimum Gasteiger partial charge on any atom is -0.493 e. The van der Waals surface area contributed by atoms with E-state index in [0.717, 1.165) is 29.5 Å². The number of nitriles is 1. The van der Waals surface area contributed by atoms with Crippen molar-refractivity contribution in [3.8, 4) is 16.9 Å². The lowest BCUT2D eigenvalue weighted by Gasteiger charge is -2.22. The summed E-state index contributed by atoms with van der Waals surface area (Å²) in [5.41, 5.74) is 0.658. The first-order valence-corrected chi connectivity index (χ1v) is 10.4. The highest BCUT2D eigenvalue weighted by atomic mass is 32.2. The van der Waals surface area contributed by atoms with Crippen LogP contribution in [0.25, 0.3) is 0 Å². The summed E-state index contributed by atoms with van der Waals surface area (Å²) in [4.78, 5) is 27.5. The second-order valence-electron chi connectivity index (χ2n) is 6.77. The Morgan fingerprint density at radius 2 is 1.87 bits per heavy atom. The van der Waals surface area contributed by atoms with Gasteiger partial charge in [0.15, 0.2) is 18.1 Å². The van der Waals surface area contributed by atoms with Crippen molar-refractivity contribution in [3.05, 3.63) is 48.5 Å². The van der Waals surface area contributed by atoms with Crippen LogP contribution in [-0.4, -0.2) is 43.0 Å². The number of carbonyl (C=O) groups excluding carboxylic acids is 2. The lowest BCUT2D eigenvalue weighted by atomic mass is 10.3. The fourth-order valence-electron chi connectivity index (χ4n) is 2.96. The molecular weight excluding hydrogens is 402 g/mol. The maximum Gasteiger partial charge on any atom is 0.260 e. The number of carbonyl (C=O) groups is 2. The number of benzene rings is 2. The molecule has 30 heavy (non-hydrogen) atoms. The summed E-state index contributed by atoms with van der Waals surface area (Å²) in [5.74, 6) is 0.774. The molecule has 0 unspecified atom stereocenters. The fraction of sp³-hybridized carbons (Fsp3) is 0.318. The van der Waals surface area contributed by atoms with Crippen LogP contribution in [0.3, 0.4) is 0 Å². The molecule has 0 bridgehead atoms. The number of nitrogens with zero attached hydrogens (tertiary/aromatic N) is 2. The highest BCUT2D eigenvalue weighted by Gasteiger charge is 2.32. The molecule has 0 aliphatic heterocycles. The first kappa shape index (κ1) is 21.5. The van der Waals surface area contributed by atoms with Crippen LogP contribution in [-0.2, 0) is 9.59 Å². The number of thiocyanates is 1. The van der Waals surface area contributed by atoms with Gasteiger partial charge >= 0.3 is 0 Å². The molecular formula is C22H23N3O4S. The van der Waals surface area contributed by atoms with Gasteiger partial charge < -0.3 is 19.7 Å². The number of amides is 2. The minimum absolute atomic E-state index is 0.101. The summed E-state index contributed by atoms with van der Waals surface area (Å²) >= 11 is 1.06. The van der Waals surface area contributed by atoms with Crippen LogP contribution < -0.4 is 14.8 Å². The molecule has 1 N–H and O–H groups in total. The zero-order chi connectivity index (χ0) is 21.3. The van der Waals surface area contributed by atoms with E-state index in [-0.39, 0.29) is 30.9 Å². The molecule has 1 fully saturated rings. The molecule has 1 aliphatic carbocycles. The molecule has 0 aromatic heterocycles. The van der Waals surface area contributed by atoms with E-state index in [9.17, 15) is 9.59 Å². The average molecular weight is 426 g/mol. The van der Waals surface area contributed by atoms with Crippen molar-refractivity contribution in [2.75, 3.05) is 25.6 Å². The second kappa shape index (κ2) is 10.6. The quantitative estimate of drug-likeness (QED) is 0.461. The molecule has 1 saturated carbocycles. The summed E-state index contributed by atoms with van der Waals surface area (Å²) in [7, 11) is 1.55. The smallest absolute Gasteiger partial charge is 0.260 e. The third-order valence-corrected chi connectivity index (χ3v) is 5.21. The molecule has 2 aromatic rings.